The highest BCUT2D eigenvalue weighted by atomic mass is 35.5. The lowest BCUT2D eigenvalue weighted by Crippen LogP contribution is -2.43. The molecule has 142 valence electrons. The molecule has 0 aliphatic carbocycles. The molecule has 0 unspecified atom stereocenters. The number of hydrogen-bond donors (Lipinski definition) is 0. The second-order valence-corrected chi connectivity index (χ2v) is 9.03. The van der Waals surface area contributed by atoms with E-state index >= 15 is 0 Å². The molecule has 1 heterocycles. The van der Waals surface area contributed by atoms with Crippen LogP contribution < -0.4 is 0 Å². The van der Waals surface area contributed by atoms with Crippen molar-refractivity contribution in [2.24, 2.45) is 0 Å². The predicted octanol–water partition coefficient (Wildman–Crippen LogP) is 2.83. The van der Waals surface area contributed by atoms with E-state index in [-0.39, 0.29) is 27.1 Å². The van der Waals surface area contributed by atoms with E-state index in [0.717, 1.165) is 4.31 Å². The summed E-state index contributed by atoms with van der Waals surface area (Å²) in [5.74, 6) is -0.780. The summed E-state index contributed by atoms with van der Waals surface area (Å²) in [6.45, 7) is -0.497. The van der Waals surface area contributed by atoms with Crippen LogP contribution in [-0.2, 0) is 19.6 Å². The van der Waals surface area contributed by atoms with Gasteiger partial charge in [0.1, 0.15) is 6.04 Å². The third-order valence-electron chi connectivity index (χ3n) is 3.98. The number of hydrogen-bond acceptors (Lipinski definition) is 6. The van der Waals surface area contributed by atoms with Crippen molar-refractivity contribution in [3.63, 3.8) is 0 Å². The minimum absolute atomic E-state index is 0.109. The van der Waals surface area contributed by atoms with Crippen LogP contribution in [0.2, 0.25) is 5.02 Å². The molecule has 2 aromatic rings. The Morgan fingerprint density at radius 2 is 1.78 bits per heavy atom. The van der Waals surface area contributed by atoms with E-state index in [9.17, 15) is 18.0 Å². The summed E-state index contributed by atoms with van der Waals surface area (Å²) in [7, 11) is -3.82. The molecule has 0 N–H and O–H groups in total. The molecule has 0 amide bonds. The van der Waals surface area contributed by atoms with Crippen molar-refractivity contribution < 1.29 is 22.7 Å². The van der Waals surface area contributed by atoms with Crippen LogP contribution in [-0.4, -0.2) is 48.8 Å². The number of esters is 1. The Kier molecular flexibility index (Phi) is 6.21. The molecule has 3 rings (SSSR count). The monoisotopic (exact) mass is 425 g/mol. The molecule has 6 nitrogen and oxygen atoms in total. The highest BCUT2D eigenvalue weighted by Gasteiger charge is 2.41. The predicted molar refractivity (Wildman–Crippen MR) is 103 cm³/mol. The Hall–Kier alpha value is -1.87. The number of ether oxygens (including phenoxy) is 1. The maximum atomic E-state index is 12.8. The molecular formula is C18H16ClNO5S2. The van der Waals surface area contributed by atoms with Gasteiger partial charge in [0.2, 0.25) is 15.8 Å². The van der Waals surface area contributed by atoms with Gasteiger partial charge in [0, 0.05) is 11.3 Å². The number of carbonyl (C=O) groups excluding carboxylic acids is 2. The second-order valence-electron chi connectivity index (χ2n) is 5.73. The zero-order valence-electron chi connectivity index (χ0n) is 14.1. The summed E-state index contributed by atoms with van der Waals surface area (Å²) in [6.07, 6.45) is 0. The number of halogens is 1. The van der Waals surface area contributed by atoms with Crippen molar-refractivity contribution in [3.05, 3.63) is 65.2 Å². The summed E-state index contributed by atoms with van der Waals surface area (Å²) in [5.41, 5.74) is 0.251. The molecule has 2 aromatic carbocycles. The first-order valence-electron chi connectivity index (χ1n) is 8.00. The molecule has 27 heavy (non-hydrogen) atoms. The van der Waals surface area contributed by atoms with Crippen LogP contribution in [0.5, 0.6) is 0 Å². The average Bonchev–Trinajstić information content (AvgIpc) is 3.18. The molecular weight excluding hydrogens is 410 g/mol. The maximum Gasteiger partial charge on any atom is 0.325 e. The molecule has 1 atom stereocenters. The third-order valence-corrected chi connectivity index (χ3v) is 7.36. The van der Waals surface area contributed by atoms with E-state index in [2.05, 4.69) is 0 Å². The van der Waals surface area contributed by atoms with Gasteiger partial charge >= 0.3 is 5.97 Å². The highest BCUT2D eigenvalue weighted by molar-refractivity contribution is 8.00. The van der Waals surface area contributed by atoms with E-state index in [4.69, 9.17) is 16.3 Å². The van der Waals surface area contributed by atoms with Crippen molar-refractivity contribution in [1.29, 1.82) is 0 Å². The van der Waals surface area contributed by atoms with Gasteiger partial charge in [-0.05, 0) is 24.3 Å². The first-order chi connectivity index (χ1) is 12.9. The molecule has 0 saturated carbocycles. The third kappa shape index (κ3) is 4.35. The van der Waals surface area contributed by atoms with Crippen LogP contribution in [0.1, 0.15) is 10.4 Å². The first kappa shape index (κ1) is 19.9. The lowest BCUT2D eigenvalue weighted by atomic mass is 10.1. The van der Waals surface area contributed by atoms with Gasteiger partial charge in [-0.3, -0.25) is 9.59 Å². The minimum Gasteiger partial charge on any atom is -0.456 e. The molecule has 1 aliphatic heterocycles. The van der Waals surface area contributed by atoms with Gasteiger partial charge in [0.25, 0.3) is 0 Å². The number of ketones is 1. The van der Waals surface area contributed by atoms with Crippen LogP contribution in [0.25, 0.3) is 0 Å². The van der Waals surface area contributed by atoms with Gasteiger partial charge in [-0.2, -0.15) is 4.31 Å². The van der Waals surface area contributed by atoms with Crippen LogP contribution >= 0.6 is 23.4 Å². The number of benzene rings is 2. The summed E-state index contributed by atoms with van der Waals surface area (Å²) in [5, 5.41) is 0.267. The lowest BCUT2D eigenvalue weighted by molar-refractivity contribution is -0.145. The Bertz CT molecular complexity index is 949. The molecule has 0 aromatic heterocycles. The summed E-state index contributed by atoms with van der Waals surface area (Å²) in [4.78, 5) is 24.7. The smallest absolute Gasteiger partial charge is 0.325 e. The van der Waals surface area contributed by atoms with Gasteiger partial charge < -0.3 is 4.74 Å². The van der Waals surface area contributed by atoms with Crippen molar-refractivity contribution in [1.82, 2.24) is 4.31 Å². The lowest BCUT2D eigenvalue weighted by Gasteiger charge is -2.21. The fraction of sp³-hybridized carbons (Fsp3) is 0.222. The number of carbonyl (C=O) groups is 2. The Morgan fingerprint density at radius 3 is 2.48 bits per heavy atom. The first-order valence-corrected chi connectivity index (χ1v) is 11.0. The number of nitrogens with zero attached hydrogens (tertiary/aromatic N) is 1. The molecule has 0 radical (unpaired) electrons. The van der Waals surface area contributed by atoms with Crippen LogP contribution in [0.15, 0.2) is 59.5 Å². The minimum atomic E-state index is -3.82. The van der Waals surface area contributed by atoms with Crippen molar-refractivity contribution in [2.45, 2.75) is 10.9 Å². The van der Waals surface area contributed by atoms with Gasteiger partial charge in [0.15, 0.2) is 6.61 Å². The SMILES string of the molecule is O=C(COC(=O)[C@@H]1CSCN1S(=O)(=O)c1ccccc1)c1ccccc1Cl. The fourth-order valence-corrected chi connectivity index (χ4v) is 5.96. The van der Waals surface area contributed by atoms with Crippen LogP contribution in [0, 0.1) is 0 Å². The summed E-state index contributed by atoms with van der Waals surface area (Å²) >= 11 is 7.27. The number of rotatable bonds is 6. The van der Waals surface area contributed by atoms with Crippen LogP contribution in [0.3, 0.4) is 0 Å². The van der Waals surface area contributed by atoms with Gasteiger partial charge in [0.05, 0.1) is 15.8 Å². The van der Waals surface area contributed by atoms with Gasteiger partial charge in [-0.25, -0.2) is 8.42 Å². The number of Topliss-reactive ketones (excluding diaryl/α,β-unsaturated/α-hetero) is 1. The maximum absolute atomic E-state index is 12.8. The van der Waals surface area contributed by atoms with E-state index in [1.807, 2.05) is 0 Å². The normalized spacial score (nSPS) is 17.6. The number of sulfonamides is 1. The largest absolute Gasteiger partial charge is 0.456 e. The van der Waals surface area contributed by atoms with E-state index in [0.29, 0.717) is 0 Å². The van der Waals surface area contributed by atoms with Crippen molar-refractivity contribution in [3.8, 4) is 0 Å². The highest BCUT2D eigenvalue weighted by Crippen LogP contribution is 2.29. The van der Waals surface area contributed by atoms with Gasteiger partial charge in [-0.15, -0.1) is 11.8 Å². The van der Waals surface area contributed by atoms with Crippen LogP contribution in [0.4, 0.5) is 0 Å². The molecule has 0 spiro atoms. The summed E-state index contributed by atoms with van der Waals surface area (Å²) in [6, 6.07) is 13.4. The fourth-order valence-electron chi connectivity index (χ4n) is 2.58. The Labute approximate surface area is 166 Å². The molecule has 1 fully saturated rings. The molecule has 1 saturated heterocycles. The van der Waals surface area contributed by atoms with Crippen molar-refractivity contribution in [2.75, 3.05) is 18.2 Å². The Morgan fingerprint density at radius 1 is 1.11 bits per heavy atom. The molecule has 9 heteroatoms. The standard InChI is InChI=1S/C18H16ClNO5S2/c19-15-9-5-4-8-14(15)17(21)10-25-18(22)16-11-26-12-20(16)27(23,24)13-6-2-1-3-7-13/h1-9,16H,10-12H2/t16-/m0/s1. The second kappa shape index (κ2) is 8.43. The van der Waals surface area contributed by atoms with E-state index in [1.165, 1.54) is 30.0 Å². The Balaban J connectivity index is 1.69. The van der Waals surface area contributed by atoms with Gasteiger partial charge in [-0.1, -0.05) is 41.9 Å². The topological polar surface area (TPSA) is 80.8 Å². The van der Waals surface area contributed by atoms with Crippen molar-refractivity contribution >= 4 is 45.1 Å². The molecule has 0 bridgehead atoms. The van der Waals surface area contributed by atoms with E-state index in [1.54, 1.807) is 36.4 Å². The average molecular weight is 426 g/mol. The summed E-state index contributed by atoms with van der Waals surface area (Å²) < 4.78 is 31.7. The number of thioether (sulfide) groups is 1. The molecule has 1 aliphatic rings. The quantitative estimate of drug-likeness (QED) is 0.523. The van der Waals surface area contributed by atoms with E-state index < -0.39 is 34.4 Å². The zero-order chi connectivity index (χ0) is 19.4. The zero-order valence-corrected chi connectivity index (χ0v) is 16.5.